The molecule has 0 amide bonds. The molecule has 0 aliphatic rings. The van der Waals surface area contributed by atoms with Crippen LogP contribution in [0, 0.1) is 11.8 Å². The summed E-state index contributed by atoms with van der Waals surface area (Å²) >= 11 is 0. The normalized spacial score (nSPS) is 12.7. The SMILES string of the molecule is CCCCC(CC)COC(=O)CC(C(=O)OCC(CC)CCCC)S(=O)(=O)[O-].CCCCCCCCCCCCCCCCCC(=O)O.N.[Na+]. The second kappa shape index (κ2) is 39.5. The predicted octanol–water partition coefficient (Wildman–Crippen LogP) is 7.31. The topological polar surface area (TPSA) is 182 Å². The smallest absolute Gasteiger partial charge is 0.747 e. The summed E-state index contributed by atoms with van der Waals surface area (Å²) in [4.78, 5) is 34.5. The summed E-state index contributed by atoms with van der Waals surface area (Å²) < 4.78 is 44.6. The number of carbonyl (C=O) groups is 3. The number of ether oxygens (including phenoxy) is 2. The molecule has 0 aromatic heterocycles. The Hall–Kier alpha value is -0.720. The van der Waals surface area contributed by atoms with Crippen LogP contribution in [0.15, 0.2) is 0 Å². The Kier molecular flexibility index (Phi) is 44.2. The zero-order valence-corrected chi connectivity index (χ0v) is 36.0. The number of rotatable bonds is 32. The fourth-order valence-electron chi connectivity index (χ4n) is 5.46. The van der Waals surface area contributed by atoms with Crippen molar-refractivity contribution in [1.29, 1.82) is 0 Å². The Bertz CT molecular complexity index is 890. The number of carboxylic acids is 1. The molecule has 0 saturated carbocycles. The molecular formula is C38H76NNaO9S. The van der Waals surface area contributed by atoms with Crippen molar-refractivity contribution in [2.24, 2.45) is 11.8 Å². The minimum atomic E-state index is -5.01. The molecule has 0 rings (SSSR count). The number of aliphatic carboxylic acids is 1. The summed E-state index contributed by atoms with van der Waals surface area (Å²) in [5.41, 5.74) is 0. The van der Waals surface area contributed by atoms with Crippen LogP contribution >= 0.6 is 0 Å². The molecular weight excluding hydrogens is 669 g/mol. The van der Waals surface area contributed by atoms with Gasteiger partial charge in [0.15, 0.2) is 5.25 Å². The van der Waals surface area contributed by atoms with E-state index in [9.17, 15) is 27.4 Å². The van der Waals surface area contributed by atoms with Crippen LogP contribution < -0.4 is 35.7 Å². The third kappa shape index (κ3) is 37.1. The fraction of sp³-hybridized carbons (Fsp3) is 0.921. The Balaban J connectivity index is -0.000000428. The van der Waals surface area contributed by atoms with Crippen molar-refractivity contribution in [3.8, 4) is 0 Å². The molecule has 0 bridgehead atoms. The molecule has 12 heteroatoms. The van der Waals surface area contributed by atoms with E-state index in [2.05, 4.69) is 20.8 Å². The molecule has 4 N–H and O–H groups in total. The standard InChI is InChI=1S/C20H38O7S.C18H36O2.H3N.Na/c1-5-9-11-16(7-3)14-26-19(21)13-18(28(23,24)25)20(22)27-15-17(8-4)12-10-6-2;1-2-3-4-5-6-7-8-9-10-11-12-13-14-15-16-17-18(19)20;;/h16-18H,5-15H2,1-4H3,(H,23,24,25);2-17H2,1H3,(H,19,20);1H3;/q;;;+1/p-1. The molecule has 0 aromatic carbocycles. The van der Waals surface area contributed by atoms with Gasteiger partial charge in [0.25, 0.3) is 0 Å². The molecule has 3 unspecified atom stereocenters. The van der Waals surface area contributed by atoms with Gasteiger partial charge in [-0.05, 0) is 31.1 Å². The quantitative estimate of drug-likeness (QED) is 0.0307. The van der Waals surface area contributed by atoms with Crippen LogP contribution in [0.4, 0.5) is 0 Å². The van der Waals surface area contributed by atoms with Crippen molar-refractivity contribution in [3.63, 3.8) is 0 Å². The number of carbonyl (C=O) groups excluding carboxylic acids is 2. The van der Waals surface area contributed by atoms with Crippen LogP contribution in [-0.2, 0) is 34.0 Å². The monoisotopic (exact) mass is 746 g/mol. The van der Waals surface area contributed by atoms with E-state index in [1.807, 2.05) is 13.8 Å². The van der Waals surface area contributed by atoms with E-state index in [-0.39, 0.29) is 60.8 Å². The first kappa shape index (κ1) is 56.0. The molecule has 0 fully saturated rings. The van der Waals surface area contributed by atoms with E-state index < -0.39 is 39.7 Å². The summed E-state index contributed by atoms with van der Waals surface area (Å²) in [6.07, 6.45) is 26.8. The van der Waals surface area contributed by atoms with Crippen LogP contribution in [-0.4, -0.2) is 54.4 Å². The van der Waals surface area contributed by atoms with Crippen molar-refractivity contribution in [1.82, 2.24) is 6.15 Å². The van der Waals surface area contributed by atoms with Crippen LogP contribution in [0.3, 0.4) is 0 Å². The van der Waals surface area contributed by atoms with Gasteiger partial charge in [-0.2, -0.15) is 0 Å². The maximum atomic E-state index is 12.1. The number of carboxylic acid groups (broad SMARTS) is 1. The summed E-state index contributed by atoms with van der Waals surface area (Å²) in [6, 6.07) is 0. The first-order chi connectivity index (χ1) is 23.0. The van der Waals surface area contributed by atoms with Gasteiger partial charge in [-0.3, -0.25) is 14.4 Å². The Morgan fingerprint density at radius 2 is 0.960 bits per heavy atom. The van der Waals surface area contributed by atoms with Crippen molar-refractivity contribution >= 4 is 28.0 Å². The first-order valence-corrected chi connectivity index (χ1v) is 20.9. The average Bonchev–Trinajstić information content (AvgIpc) is 3.05. The maximum Gasteiger partial charge on any atom is 1.00 e. The molecule has 0 spiro atoms. The number of hydrogen-bond acceptors (Lipinski definition) is 9. The third-order valence-electron chi connectivity index (χ3n) is 8.99. The molecule has 50 heavy (non-hydrogen) atoms. The van der Waals surface area contributed by atoms with Gasteiger partial charge in [-0.1, -0.05) is 163 Å². The van der Waals surface area contributed by atoms with Crippen LogP contribution in [0.1, 0.15) is 195 Å². The number of esters is 2. The van der Waals surface area contributed by atoms with Crippen molar-refractivity contribution in [2.45, 2.75) is 200 Å². The van der Waals surface area contributed by atoms with Crippen LogP contribution in [0.5, 0.6) is 0 Å². The zero-order valence-electron chi connectivity index (χ0n) is 33.2. The van der Waals surface area contributed by atoms with E-state index in [0.29, 0.717) is 6.42 Å². The average molecular weight is 746 g/mol. The van der Waals surface area contributed by atoms with Crippen LogP contribution in [0.2, 0.25) is 0 Å². The molecule has 0 aliphatic carbocycles. The van der Waals surface area contributed by atoms with Crippen molar-refractivity contribution in [2.75, 3.05) is 13.2 Å². The summed E-state index contributed by atoms with van der Waals surface area (Å²) in [6.45, 7) is 10.5. The molecule has 10 nitrogen and oxygen atoms in total. The van der Waals surface area contributed by atoms with E-state index in [0.717, 1.165) is 64.2 Å². The number of unbranched alkanes of at least 4 members (excludes halogenated alkanes) is 16. The van der Waals surface area contributed by atoms with Gasteiger partial charge >= 0.3 is 47.5 Å². The second-order valence-corrected chi connectivity index (χ2v) is 15.0. The van der Waals surface area contributed by atoms with Gasteiger partial charge < -0.3 is 25.3 Å². The Labute approximate surface area is 329 Å². The molecule has 0 heterocycles. The number of hydrogen-bond donors (Lipinski definition) is 2. The Morgan fingerprint density at radius 1 is 0.600 bits per heavy atom. The predicted molar refractivity (Wildman–Crippen MR) is 199 cm³/mol. The van der Waals surface area contributed by atoms with Crippen LogP contribution in [0.25, 0.3) is 0 Å². The van der Waals surface area contributed by atoms with Crippen molar-refractivity contribution < 1.29 is 71.5 Å². The van der Waals surface area contributed by atoms with E-state index in [1.165, 1.54) is 83.5 Å². The van der Waals surface area contributed by atoms with Gasteiger partial charge in [-0.25, -0.2) is 8.42 Å². The Morgan fingerprint density at radius 3 is 1.30 bits per heavy atom. The largest absolute Gasteiger partial charge is 1.00 e. The summed E-state index contributed by atoms with van der Waals surface area (Å²) in [5.74, 6) is -2.40. The van der Waals surface area contributed by atoms with Gasteiger partial charge in [0.1, 0.15) is 10.1 Å². The third-order valence-corrected chi connectivity index (χ3v) is 10.0. The van der Waals surface area contributed by atoms with Gasteiger partial charge in [-0.15, -0.1) is 0 Å². The molecule has 3 atom stereocenters. The molecule has 294 valence electrons. The molecule has 0 saturated heterocycles. The molecule has 0 aromatic rings. The van der Waals surface area contributed by atoms with E-state index in [4.69, 9.17) is 14.6 Å². The second-order valence-electron chi connectivity index (χ2n) is 13.4. The van der Waals surface area contributed by atoms with Crippen molar-refractivity contribution in [3.05, 3.63) is 0 Å². The van der Waals surface area contributed by atoms with Gasteiger partial charge in [0.2, 0.25) is 0 Å². The molecule has 0 aliphatic heterocycles. The van der Waals surface area contributed by atoms with Gasteiger partial charge in [0.05, 0.1) is 19.6 Å². The van der Waals surface area contributed by atoms with Gasteiger partial charge in [0, 0.05) is 6.42 Å². The first-order valence-electron chi connectivity index (χ1n) is 19.4. The minimum absolute atomic E-state index is 0. The summed E-state index contributed by atoms with van der Waals surface area (Å²) in [7, 11) is -5.01. The van der Waals surface area contributed by atoms with E-state index >= 15 is 0 Å². The zero-order chi connectivity index (χ0) is 36.5. The summed E-state index contributed by atoms with van der Waals surface area (Å²) in [5, 5.41) is 6.46. The maximum absolute atomic E-state index is 12.1. The van der Waals surface area contributed by atoms with E-state index in [1.54, 1.807) is 0 Å². The molecule has 0 radical (unpaired) electrons. The fourth-order valence-corrected chi connectivity index (χ4v) is 6.10. The minimum Gasteiger partial charge on any atom is -0.747 e.